The summed E-state index contributed by atoms with van der Waals surface area (Å²) in [6.07, 6.45) is 0.676. The molecule has 2 aromatic carbocycles. The Kier molecular flexibility index (Phi) is 5.63. The fourth-order valence-corrected chi connectivity index (χ4v) is 4.80. The second-order valence-corrected chi connectivity index (χ2v) is 8.03. The van der Waals surface area contributed by atoms with Crippen LogP contribution in [0, 0.1) is 11.3 Å². The predicted molar refractivity (Wildman–Crippen MR) is 101 cm³/mol. The highest BCUT2D eigenvalue weighted by atomic mass is 32.2. The van der Waals surface area contributed by atoms with E-state index in [4.69, 9.17) is 4.74 Å². The molecule has 2 aromatic rings. The van der Waals surface area contributed by atoms with Crippen molar-refractivity contribution in [2.45, 2.75) is 30.7 Å². The van der Waals surface area contributed by atoms with E-state index in [1.54, 1.807) is 36.1 Å². The summed E-state index contributed by atoms with van der Waals surface area (Å²) in [7, 11) is -3.75. The van der Waals surface area contributed by atoms with Crippen LogP contribution in [0.2, 0.25) is 0 Å². The largest absolute Gasteiger partial charge is 0.450 e. The maximum Gasteiger partial charge on any atom is 0.409 e. The van der Waals surface area contributed by atoms with Gasteiger partial charge in [0.05, 0.1) is 23.1 Å². The number of piperidine rings is 1. The summed E-state index contributed by atoms with van der Waals surface area (Å²) < 4.78 is 33.6. The van der Waals surface area contributed by atoms with Gasteiger partial charge in [-0.2, -0.15) is 5.26 Å². The van der Waals surface area contributed by atoms with Crippen LogP contribution in [0.3, 0.4) is 0 Å². The van der Waals surface area contributed by atoms with Gasteiger partial charge in [0.25, 0.3) is 0 Å². The predicted octanol–water partition coefficient (Wildman–Crippen LogP) is 2.61. The molecule has 27 heavy (non-hydrogen) atoms. The number of nitriles is 1. The summed E-state index contributed by atoms with van der Waals surface area (Å²) in [5, 5.41) is 10.4. The third-order valence-corrected chi connectivity index (χ3v) is 6.22. The van der Waals surface area contributed by atoms with Gasteiger partial charge in [-0.3, -0.25) is 0 Å². The molecule has 0 atom stereocenters. The fourth-order valence-electron chi connectivity index (χ4n) is 3.28. The number of sulfonamides is 1. The van der Waals surface area contributed by atoms with Crippen LogP contribution in [-0.2, 0) is 14.8 Å². The Labute approximate surface area is 158 Å². The molecule has 0 unspecified atom stereocenters. The Bertz CT molecular complexity index is 990. The lowest BCUT2D eigenvalue weighted by atomic mass is 10.1. The molecule has 0 spiro atoms. The van der Waals surface area contributed by atoms with Gasteiger partial charge in [0, 0.05) is 29.9 Å². The smallest absolute Gasteiger partial charge is 0.409 e. The van der Waals surface area contributed by atoms with E-state index >= 15 is 0 Å². The Morgan fingerprint density at radius 1 is 1.22 bits per heavy atom. The number of ether oxygens (including phenoxy) is 1. The summed E-state index contributed by atoms with van der Waals surface area (Å²) in [6.45, 7) is 2.96. The molecule has 1 N–H and O–H groups in total. The molecule has 0 aromatic heterocycles. The minimum atomic E-state index is -3.75. The fraction of sp³-hybridized carbons (Fsp3) is 0.368. The zero-order valence-electron chi connectivity index (χ0n) is 15.0. The number of rotatable bonds is 4. The average molecular weight is 387 g/mol. The quantitative estimate of drug-likeness (QED) is 0.869. The van der Waals surface area contributed by atoms with Crippen molar-refractivity contribution in [1.82, 2.24) is 9.62 Å². The SMILES string of the molecule is CCOC(=O)N1CCC(NS(=O)(=O)c2ccc(C#N)c3ccccc23)CC1. The number of carbonyl (C=O) groups excluding carboxylic acids is 1. The summed E-state index contributed by atoms with van der Waals surface area (Å²) in [5.74, 6) is 0. The monoisotopic (exact) mass is 387 g/mol. The third-order valence-electron chi connectivity index (χ3n) is 4.64. The summed E-state index contributed by atoms with van der Waals surface area (Å²) in [6, 6.07) is 11.8. The number of nitrogens with one attached hydrogen (secondary N) is 1. The van der Waals surface area contributed by atoms with E-state index in [-0.39, 0.29) is 17.0 Å². The Hall–Kier alpha value is -2.63. The van der Waals surface area contributed by atoms with Gasteiger partial charge in [0.2, 0.25) is 10.0 Å². The van der Waals surface area contributed by atoms with Crippen LogP contribution in [0.5, 0.6) is 0 Å². The molecule has 1 aliphatic heterocycles. The first-order valence-electron chi connectivity index (χ1n) is 8.82. The average Bonchev–Trinajstić information content (AvgIpc) is 2.67. The van der Waals surface area contributed by atoms with Crippen LogP contribution in [0.1, 0.15) is 25.3 Å². The van der Waals surface area contributed by atoms with Crippen LogP contribution in [0.25, 0.3) is 10.8 Å². The van der Waals surface area contributed by atoms with Gasteiger partial charge in [-0.05, 0) is 31.9 Å². The van der Waals surface area contributed by atoms with E-state index < -0.39 is 10.0 Å². The first-order chi connectivity index (χ1) is 13.0. The number of hydrogen-bond acceptors (Lipinski definition) is 5. The minimum absolute atomic E-state index is 0.157. The maximum absolute atomic E-state index is 12.9. The third kappa shape index (κ3) is 4.04. The Balaban J connectivity index is 1.78. The highest BCUT2D eigenvalue weighted by Gasteiger charge is 2.28. The van der Waals surface area contributed by atoms with Gasteiger partial charge < -0.3 is 9.64 Å². The van der Waals surface area contributed by atoms with Crippen molar-refractivity contribution in [2.24, 2.45) is 0 Å². The van der Waals surface area contributed by atoms with Gasteiger partial charge in [-0.15, -0.1) is 0 Å². The number of amides is 1. The highest BCUT2D eigenvalue weighted by Crippen LogP contribution is 2.26. The van der Waals surface area contributed by atoms with E-state index in [1.807, 2.05) is 0 Å². The van der Waals surface area contributed by atoms with Crippen molar-refractivity contribution >= 4 is 26.9 Å². The molecule has 1 saturated heterocycles. The van der Waals surface area contributed by atoms with Crippen LogP contribution in [0.4, 0.5) is 4.79 Å². The molecule has 0 radical (unpaired) electrons. The van der Waals surface area contributed by atoms with Crippen molar-refractivity contribution < 1.29 is 17.9 Å². The van der Waals surface area contributed by atoms with Gasteiger partial charge in [0.1, 0.15) is 0 Å². The topological polar surface area (TPSA) is 99.5 Å². The number of nitrogens with zero attached hydrogens (tertiary/aromatic N) is 2. The molecule has 1 heterocycles. The molecule has 8 heteroatoms. The lowest BCUT2D eigenvalue weighted by Crippen LogP contribution is -2.46. The number of benzene rings is 2. The van der Waals surface area contributed by atoms with Crippen LogP contribution in [0.15, 0.2) is 41.3 Å². The lowest BCUT2D eigenvalue weighted by molar-refractivity contribution is 0.0966. The number of likely N-dealkylation sites (tertiary alicyclic amines) is 1. The molecule has 1 aliphatic rings. The second-order valence-electron chi connectivity index (χ2n) is 6.35. The maximum atomic E-state index is 12.9. The van der Waals surface area contributed by atoms with E-state index in [0.29, 0.717) is 48.9 Å². The summed E-state index contributed by atoms with van der Waals surface area (Å²) in [4.78, 5) is 13.5. The highest BCUT2D eigenvalue weighted by molar-refractivity contribution is 7.89. The van der Waals surface area contributed by atoms with Gasteiger partial charge in [-0.1, -0.05) is 24.3 Å². The van der Waals surface area contributed by atoms with E-state index in [0.717, 1.165) is 0 Å². The minimum Gasteiger partial charge on any atom is -0.450 e. The van der Waals surface area contributed by atoms with Gasteiger partial charge in [0.15, 0.2) is 0 Å². The molecular formula is C19H21N3O4S. The van der Waals surface area contributed by atoms with Crippen LogP contribution < -0.4 is 4.72 Å². The molecule has 1 amide bonds. The molecule has 0 saturated carbocycles. The number of fused-ring (bicyclic) bond motifs is 1. The Morgan fingerprint density at radius 2 is 1.89 bits per heavy atom. The van der Waals surface area contributed by atoms with Crippen molar-refractivity contribution in [3.05, 3.63) is 42.0 Å². The normalized spacial score (nSPS) is 15.5. The molecule has 0 bridgehead atoms. The Morgan fingerprint density at radius 3 is 2.52 bits per heavy atom. The molecule has 3 rings (SSSR count). The van der Waals surface area contributed by atoms with Crippen molar-refractivity contribution in [3.8, 4) is 6.07 Å². The first-order valence-corrected chi connectivity index (χ1v) is 10.3. The van der Waals surface area contributed by atoms with Crippen LogP contribution in [-0.4, -0.2) is 45.1 Å². The molecular weight excluding hydrogens is 366 g/mol. The van der Waals surface area contributed by atoms with Crippen LogP contribution >= 0.6 is 0 Å². The standard InChI is InChI=1S/C19H21N3O4S/c1-2-26-19(23)22-11-9-15(10-12-22)21-27(24,25)18-8-7-14(13-20)16-5-3-4-6-17(16)18/h3-8,15,21H,2,9-12H2,1H3. The second kappa shape index (κ2) is 7.94. The molecule has 142 valence electrons. The lowest BCUT2D eigenvalue weighted by Gasteiger charge is -2.31. The number of hydrogen-bond donors (Lipinski definition) is 1. The summed E-state index contributed by atoms with van der Waals surface area (Å²) >= 11 is 0. The van der Waals surface area contributed by atoms with Crippen molar-refractivity contribution in [3.63, 3.8) is 0 Å². The zero-order valence-corrected chi connectivity index (χ0v) is 15.8. The molecule has 7 nitrogen and oxygen atoms in total. The molecule has 1 fully saturated rings. The van der Waals surface area contributed by atoms with E-state index in [9.17, 15) is 18.5 Å². The summed E-state index contributed by atoms with van der Waals surface area (Å²) in [5.41, 5.74) is 0.437. The number of carbonyl (C=O) groups is 1. The van der Waals surface area contributed by atoms with E-state index in [2.05, 4.69) is 10.8 Å². The van der Waals surface area contributed by atoms with E-state index in [1.165, 1.54) is 12.1 Å². The van der Waals surface area contributed by atoms with Crippen molar-refractivity contribution in [1.29, 1.82) is 5.26 Å². The van der Waals surface area contributed by atoms with Gasteiger partial charge in [-0.25, -0.2) is 17.9 Å². The first kappa shape index (κ1) is 19.1. The molecule has 0 aliphatic carbocycles. The van der Waals surface area contributed by atoms with Crippen molar-refractivity contribution in [2.75, 3.05) is 19.7 Å². The van der Waals surface area contributed by atoms with Gasteiger partial charge >= 0.3 is 6.09 Å². The zero-order chi connectivity index (χ0) is 19.4.